The summed E-state index contributed by atoms with van der Waals surface area (Å²) in [6.45, 7) is 4.35. The third kappa shape index (κ3) is 5.13. The Morgan fingerprint density at radius 3 is 2.50 bits per heavy atom. The van der Waals surface area contributed by atoms with Gasteiger partial charge in [-0.25, -0.2) is 4.99 Å². The Hall–Kier alpha value is -2.34. The average Bonchev–Trinajstić information content (AvgIpc) is 3.27. The number of carbonyl (C=O) groups is 1. The fourth-order valence-corrected chi connectivity index (χ4v) is 4.85. The Morgan fingerprint density at radius 2 is 1.89 bits per heavy atom. The molecule has 0 radical (unpaired) electrons. The first-order chi connectivity index (χ1) is 13.6. The number of rotatable bonds is 7. The molecule has 0 aliphatic heterocycles. The molecule has 0 saturated heterocycles. The molecule has 1 saturated carbocycles. The van der Waals surface area contributed by atoms with Gasteiger partial charge in [0.25, 0.3) is 0 Å². The van der Waals surface area contributed by atoms with Crippen molar-refractivity contribution in [3.63, 3.8) is 0 Å². The summed E-state index contributed by atoms with van der Waals surface area (Å²) in [6, 6.07) is 11.7. The van der Waals surface area contributed by atoms with Crippen molar-refractivity contribution in [1.29, 1.82) is 0 Å². The maximum atomic E-state index is 11.2. The lowest BCUT2D eigenvalue weighted by Crippen LogP contribution is -2.46. The second-order valence-corrected chi connectivity index (χ2v) is 8.38. The quantitative estimate of drug-likeness (QED) is 0.490. The predicted octanol–water partition coefficient (Wildman–Crippen LogP) is 3.80. The molecule has 4 N–H and O–H groups in total. The molecule has 0 unspecified atom stereocenters. The Kier molecular flexibility index (Phi) is 7.09. The summed E-state index contributed by atoms with van der Waals surface area (Å²) in [6.07, 6.45) is 6.38. The first-order valence-electron chi connectivity index (χ1n) is 10.1. The van der Waals surface area contributed by atoms with Crippen LogP contribution >= 0.6 is 11.3 Å². The molecule has 2 aromatic rings. The Morgan fingerprint density at radius 1 is 1.14 bits per heavy atom. The Labute approximate surface area is 171 Å². The lowest BCUT2D eigenvalue weighted by Gasteiger charge is -2.37. The molecule has 0 spiro atoms. The summed E-state index contributed by atoms with van der Waals surface area (Å²) in [5.41, 5.74) is 7.09. The van der Waals surface area contributed by atoms with Gasteiger partial charge in [-0.3, -0.25) is 4.79 Å². The minimum atomic E-state index is -0.406. The van der Waals surface area contributed by atoms with E-state index in [4.69, 9.17) is 10.7 Å². The van der Waals surface area contributed by atoms with E-state index in [1.165, 1.54) is 37.0 Å². The Bertz CT molecular complexity index is 777. The molecule has 28 heavy (non-hydrogen) atoms. The molecule has 1 aliphatic rings. The van der Waals surface area contributed by atoms with Crippen LogP contribution in [0.15, 0.2) is 46.8 Å². The maximum Gasteiger partial charge on any atom is 0.248 e. The van der Waals surface area contributed by atoms with Gasteiger partial charge in [0.15, 0.2) is 5.96 Å². The van der Waals surface area contributed by atoms with Crippen molar-refractivity contribution in [2.24, 2.45) is 10.7 Å². The minimum absolute atomic E-state index is 0.214. The largest absolute Gasteiger partial charge is 0.366 e. The molecule has 0 bridgehead atoms. The second kappa shape index (κ2) is 9.73. The van der Waals surface area contributed by atoms with Gasteiger partial charge in [0.1, 0.15) is 0 Å². The number of guanidine groups is 1. The molecular weight excluding hydrogens is 368 g/mol. The van der Waals surface area contributed by atoms with Crippen molar-refractivity contribution in [2.75, 3.05) is 13.1 Å². The lowest BCUT2D eigenvalue weighted by atomic mass is 9.73. The zero-order valence-corrected chi connectivity index (χ0v) is 17.4. The van der Waals surface area contributed by atoms with Gasteiger partial charge in [0.2, 0.25) is 5.91 Å². The van der Waals surface area contributed by atoms with Crippen LogP contribution in [0.2, 0.25) is 0 Å². The molecule has 1 amide bonds. The van der Waals surface area contributed by atoms with E-state index in [0.29, 0.717) is 12.1 Å². The van der Waals surface area contributed by atoms with Gasteiger partial charge in [-0.1, -0.05) is 37.5 Å². The highest BCUT2D eigenvalue weighted by Gasteiger charge is 2.34. The number of hydrogen-bond acceptors (Lipinski definition) is 3. The number of carbonyl (C=O) groups excluding carboxylic acids is 1. The first-order valence-corrected chi connectivity index (χ1v) is 11.0. The third-order valence-corrected chi connectivity index (χ3v) is 6.57. The van der Waals surface area contributed by atoms with Crippen LogP contribution < -0.4 is 16.4 Å². The van der Waals surface area contributed by atoms with E-state index in [2.05, 4.69) is 35.1 Å². The van der Waals surface area contributed by atoms with Crippen molar-refractivity contribution < 1.29 is 4.79 Å². The number of benzene rings is 1. The fourth-order valence-electron chi connectivity index (χ4n) is 3.86. The molecule has 0 atom stereocenters. The van der Waals surface area contributed by atoms with E-state index in [0.717, 1.165) is 24.6 Å². The summed E-state index contributed by atoms with van der Waals surface area (Å²) in [5.74, 6) is 0.430. The molecular formula is C22H30N4OS. The zero-order valence-electron chi connectivity index (χ0n) is 16.5. The van der Waals surface area contributed by atoms with Crippen molar-refractivity contribution in [3.05, 3.63) is 57.8 Å². The molecule has 1 fully saturated rings. The summed E-state index contributed by atoms with van der Waals surface area (Å²) in [7, 11) is 0. The number of nitrogens with two attached hydrogens (primary N) is 1. The van der Waals surface area contributed by atoms with Crippen LogP contribution in [-0.4, -0.2) is 25.0 Å². The van der Waals surface area contributed by atoms with E-state index in [1.54, 1.807) is 12.1 Å². The molecule has 6 heteroatoms. The summed E-state index contributed by atoms with van der Waals surface area (Å²) in [5, 5.41) is 9.12. The molecule has 150 valence electrons. The number of thiophene rings is 1. The predicted molar refractivity (Wildman–Crippen MR) is 117 cm³/mol. The van der Waals surface area contributed by atoms with Gasteiger partial charge in [0.05, 0.1) is 6.54 Å². The normalized spacial score (nSPS) is 16.5. The summed E-state index contributed by atoms with van der Waals surface area (Å²) in [4.78, 5) is 17.4. The van der Waals surface area contributed by atoms with Crippen LogP contribution in [0.4, 0.5) is 0 Å². The van der Waals surface area contributed by atoms with Gasteiger partial charge in [0, 0.05) is 28.9 Å². The van der Waals surface area contributed by atoms with E-state index in [1.807, 2.05) is 23.5 Å². The number of primary amides is 1. The van der Waals surface area contributed by atoms with Crippen LogP contribution in [0.5, 0.6) is 0 Å². The van der Waals surface area contributed by atoms with E-state index >= 15 is 0 Å². The highest BCUT2D eigenvalue weighted by atomic mass is 32.1. The van der Waals surface area contributed by atoms with E-state index in [9.17, 15) is 4.79 Å². The SMILES string of the molecule is CCNC(=NCc1ccc(C(N)=O)cc1)NCC1(c2cccs2)CCCCC1. The standard InChI is InChI=1S/C22H30N4OS/c1-2-24-21(25-15-17-8-10-18(11-9-17)20(23)27)26-16-22(12-4-3-5-13-22)19-7-6-14-28-19/h6-11,14H,2-5,12-13,15-16H2,1H3,(H2,23,27)(H2,24,25,26). The van der Waals surface area contributed by atoms with E-state index in [-0.39, 0.29) is 5.41 Å². The number of aliphatic imine (C=N–C) groups is 1. The van der Waals surface area contributed by atoms with Crippen LogP contribution in [0.1, 0.15) is 59.8 Å². The number of amides is 1. The topological polar surface area (TPSA) is 79.5 Å². The lowest BCUT2D eigenvalue weighted by molar-refractivity contribution is 0.100. The zero-order chi connectivity index (χ0) is 19.8. The minimum Gasteiger partial charge on any atom is -0.366 e. The fraction of sp³-hybridized carbons (Fsp3) is 0.455. The van der Waals surface area contributed by atoms with Gasteiger partial charge < -0.3 is 16.4 Å². The van der Waals surface area contributed by atoms with Gasteiger partial charge in [-0.05, 0) is 48.9 Å². The maximum absolute atomic E-state index is 11.2. The summed E-state index contributed by atoms with van der Waals surface area (Å²) < 4.78 is 0. The molecule has 3 rings (SSSR count). The molecule has 1 aliphatic carbocycles. The van der Waals surface area contributed by atoms with Crippen LogP contribution in [-0.2, 0) is 12.0 Å². The van der Waals surface area contributed by atoms with Crippen LogP contribution in [0.25, 0.3) is 0 Å². The van der Waals surface area contributed by atoms with E-state index < -0.39 is 5.91 Å². The number of nitrogens with one attached hydrogen (secondary N) is 2. The van der Waals surface area contributed by atoms with Crippen molar-refractivity contribution in [2.45, 2.75) is 51.0 Å². The smallest absolute Gasteiger partial charge is 0.248 e. The third-order valence-electron chi connectivity index (χ3n) is 5.45. The highest BCUT2D eigenvalue weighted by Crippen LogP contribution is 2.41. The van der Waals surface area contributed by atoms with Crippen LogP contribution in [0, 0.1) is 0 Å². The number of hydrogen-bond donors (Lipinski definition) is 3. The van der Waals surface area contributed by atoms with Crippen LogP contribution in [0.3, 0.4) is 0 Å². The molecule has 1 aromatic carbocycles. The average molecular weight is 399 g/mol. The molecule has 5 nitrogen and oxygen atoms in total. The van der Waals surface area contributed by atoms with Gasteiger partial charge >= 0.3 is 0 Å². The van der Waals surface area contributed by atoms with Gasteiger partial charge in [-0.2, -0.15) is 0 Å². The highest BCUT2D eigenvalue weighted by molar-refractivity contribution is 7.10. The van der Waals surface area contributed by atoms with Gasteiger partial charge in [-0.15, -0.1) is 11.3 Å². The van der Waals surface area contributed by atoms with Crippen molar-refractivity contribution in [3.8, 4) is 0 Å². The molecule has 1 aromatic heterocycles. The number of nitrogens with zero attached hydrogens (tertiary/aromatic N) is 1. The monoisotopic (exact) mass is 398 g/mol. The first kappa shape index (κ1) is 20.4. The molecule has 1 heterocycles. The Balaban J connectivity index is 1.67. The van der Waals surface area contributed by atoms with Crippen molar-refractivity contribution in [1.82, 2.24) is 10.6 Å². The van der Waals surface area contributed by atoms with Crippen molar-refractivity contribution >= 4 is 23.2 Å². The summed E-state index contributed by atoms with van der Waals surface area (Å²) >= 11 is 1.87. The second-order valence-electron chi connectivity index (χ2n) is 7.43.